The van der Waals surface area contributed by atoms with E-state index in [2.05, 4.69) is 10.4 Å². The molecule has 0 saturated heterocycles. The van der Waals surface area contributed by atoms with Crippen LogP contribution in [0, 0.1) is 0 Å². The monoisotopic (exact) mass is 339 g/mol. The van der Waals surface area contributed by atoms with Crippen LogP contribution in [0.25, 0.3) is 0 Å². The third-order valence-corrected chi connectivity index (χ3v) is 3.68. The molecule has 0 unspecified atom stereocenters. The van der Waals surface area contributed by atoms with Gasteiger partial charge in [-0.15, -0.1) is 0 Å². The van der Waals surface area contributed by atoms with Gasteiger partial charge in [-0.1, -0.05) is 11.6 Å². The van der Waals surface area contributed by atoms with Crippen molar-refractivity contribution in [2.24, 2.45) is 0 Å². The molecule has 0 atom stereocenters. The third kappa shape index (κ3) is 4.13. The van der Waals surface area contributed by atoms with Gasteiger partial charge in [-0.3, -0.25) is 9.48 Å². The first-order valence-corrected chi connectivity index (χ1v) is 7.31. The van der Waals surface area contributed by atoms with Crippen molar-refractivity contribution in [1.82, 2.24) is 15.1 Å². The number of amides is 1. The number of hydrogen-bond donors (Lipinski definition) is 1. The quantitative estimate of drug-likeness (QED) is 0.777. The molecule has 1 aliphatic carbocycles. The summed E-state index contributed by atoms with van der Waals surface area (Å²) in [5, 5.41) is 5.73. The van der Waals surface area contributed by atoms with E-state index in [1.54, 1.807) is 7.11 Å². The molecular weight excluding hydrogens is 323 g/mol. The smallest absolute Gasteiger partial charge is 0.385 e. The van der Waals surface area contributed by atoms with Gasteiger partial charge in [-0.05, 0) is 19.3 Å². The number of rotatable bonds is 7. The van der Waals surface area contributed by atoms with E-state index in [4.69, 9.17) is 16.3 Å². The lowest BCUT2D eigenvalue weighted by Gasteiger charge is -2.08. The molecule has 1 aliphatic rings. The average Bonchev–Trinajstić information content (AvgIpc) is 3.19. The summed E-state index contributed by atoms with van der Waals surface area (Å²) >= 11 is 5.83. The number of halogens is 4. The molecule has 5 nitrogen and oxygen atoms in total. The van der Waals surface area contributed by atoms with Crippen molar-refractivity contribution in [2.75, 3.05) is 20.3 Å². The zero-order chi connectivity index (χ0) is 16.3. The first kappa shape index (κ1) is 17.1. The fourth-order valence-electron chi connectivity index (χ4n) is 2.14. The minimum Gasteiger partial charge on any atom is -0.385 e. The van der Waals surface area contributed by atoms with Crippen molar-refractivity contribution in [2.45, 2.75) is 37.9 Å². The number of methoxy groups -OCH3 is 1. The summed E-state index contributed by atoms with van der Waals surface area (Å²) in [7, 11) is 1.55. The highest BCUT2D eigenvalue weighted by atomic mass is 35.5. The van der Waals surface area contributed by atoms with E-state index >= 15 is 0 Å². The van der Waals surface area contributed by atoms with Crippen molar-refractivity contribution in [3.63, 3.8) is 0 Å². The molecule has 1 heterocycles. The maximum absolute atomic E-state index is 12.9. The number of alkyl halides is 3. The second-order valence-electron chi connectivity index (χ2n) is 5.17. The van der Waals surface area contributed by atoms with Gasteiger partial charge in [0.15, 0.2) is 5.69 Å². The fourth-order valence-corrected chi connectivity index (χ4v) is 2.53. The van der Waals surface area contributed by atoms with Gasteiger partial charge in [-0.25, -0.2) is 0 Å². The summed E-state index contributed by atoms with van der Waals surface area (Å²) in [6, 6.07) is 0. The lowest BCUT2D eigenvalue weighted by molar-refractivity contribution is -0.141. The number of aromatic nitrogens is 2. The van der Waals surface area contributed by atoms with E-state index in [1.807, 2.05) is 0 Å². The van der Waals surface area contributed by atoms with Crippen molar-refractivity contribution >= 4 is 17.5 Å². The van der Waals surface area contributed by atoms with Crippen molar-refractivity contribution in [1.29, 1.82) is 0 Å². The second-order valence-corrected chi connectivity index (χ2v) is 5.55. The molecule has 0 aromatic carbocycles. The maximum atomic E-state index is 12.9. The Morgan fingerprint density at radius 1 is 1.50 bits per heavy atom. The molecule has 1 aromatic rings. The van der Waals surface area contributed by atoms with Gasteiger partial charge < -0.3 is 10.1 Å². The predicted octanol–water partition coefficient (Wildman–Crippen LogP) is 2.59. The van der Waals surface area contributed by atoms with E-state index < -0.39 is 17.8 Å². The van der Waals surface area contributed by atoms with E-state index in [0.29, 0.717) is 25.3 Å². The molecule has 1 N–H and O–H groups in total. The van der Waals surface area contributed by atoms with E-state index in [-0.39, 0.29) is 17.5 Å². The topological polar surface area (TPSA) is 56.1 Å². The first-order valence-electron chi connectivity index (χ1n) is 6.93. The molecule has 1 amide bonds. The molecular formula is C13H17ClF3N3O2. The van der Waals surface area contributed by atoms with Crippen LogP contribution in [-0.2, 0) is 22.3 Å². The Kier molecular flexibility index (Phi) is 5.33. The molecule has 9 heteroatoms. The molecule has 0 radical (unpaired) electrons. The summed E-state index contributed by atoms with van der Waals surface area (Å²) in [6.07, 6.45) is -2.47. The molecule has 0 aliphatic heterocycles. The highest BCUT2D eigenvalue weighted by Gasteiger charge is 2.42. The van der Waals surface area contributed by atoms with Gasteiger partial charge in [0, 0.05) is 26.2 Å². The van der Waals surface area contributed by atoms with E-state index in [0.717, 1.165) is 17.5 Å². The highest BCUT2D eigenvalue weighted by molar-refractivity contribution is 6.32. The molecule has 1 aromatic heterocycles. The molecule has 1 saturated carbocycles. The van der Waals surface area contributed by atoms with E-state index in [9.17, 15) is 18.0 Å². The molecule has 0 spiro atoms. The Morgan fingerprint density at radius 3 is 2.73 bits per heavy atom. The molecule has 1 fully saturated rings. The standard InChI is InChI=1S/C13H17ClF3N3O2/c1-22-6-2-5-18-9(21)7-20-11(8-3-4-8)10(14)12(19-20)13(15,16)17/h8H,2-7H2,1H3,(H,18,21). The van der Waals surface area contributed by atoms with Crippen LogP contribution in [0.3, 0.4) is 0 Å². The first-order chi connectivity index (χ1) is 10.3. The van der Waals surface area contributed by atoms with Crippen LogP contribution >= 0.6 is 11.6 Å². The maximum Gasteiger partial charge on any atom is 0.436 e. The van der Waals surface area contributed by atoms with Crippen LogP contribution in [0.4, 0.5) is 13.2 Å². The summed E-state index contributed by atoms with van der Waals surface area (Å²) in [5.41, 5.74) is -0.815. The normalized spacial score (nSPS) is 15.1. The Hall–Kier alpha value is -1.28. The molecule has 2 rings (SSSR count). The van der Waals surface area contributed by atoms with Gasteiger partial charge in [-0.2, -0.15) is 18.3 Å². The lowest BCUT2D eigenvalue weighted by Crippen LogP contribution is -2.30. The zero-order valence-electron chi connectivity index (χ0n) is 12.0. The van der Waals surface area contributed by atoms with E-state index in [1.165, 1.54) is 0 Å². The minimum absolute atomic E-state index is 0.0441. The van der Waals surface area contributed by atoms with Gasteiger partial charge in [0.25, 0.3) is 0 Å². The SMILES string of the molecule is COCCCNC(=O)Cn1nc(C(F)(F)F)c(Cl)c1C1CC1. The molecule has 22 heavy (non-hydrogen) atoms. The Balaban J connectivity index is 2.08. The van der Waals surface area contributed by atoms with Gasteiger partial charge in [0.1, 0.15) is 6.54 Å². The number of ether oxygens (including phenoxy) is 1. The Bertz CT molecular complexity index is 541. The number of nitrogens with one attached hydrogen (secondary N) is 1. The van der Waals surface area contributed by atoms with Crippen LogP contribution in [0.2, 0.25) is 5.02 Å². The zero-order valence-corrected chi connectivity index (χ0v) is 12.8. The molecule has 0 bridgehead atoms. The number of nitrogens with zero attached hydrogens (tertiary/aromatic N) is 2. The third-order valence-electron chi connectivity index (χ3n) is 3.30. The fraction of sp³-hybridized carbons (Fsp3) is 0.692. The summed E-state index contributed by atoms with van der Waals surface area (Å²) in [5.74, 6) is -0.441. The summed E-state index contributed by atoms with van der Waals surface area (Å²) < 4.78 is 44.6. The molecule has 124 valence electrons. The van der Waals surface area contributed by atoms with Gasteiger partial charge in [0.05, 0.1) is 10.7 Å². The number of hydrogen-bond acceptors (Lipinski definition) is 3. The number of carbonyl (C=O) groups is 1. The van der Waals surface area contributed by atoms with Crippen LogP contribution in [0.5, 0.6) is 0 Å². The Morgan fingerprint density at radius 2 is 2.18 bits per heavy atom. The minimum atomic E-state index is -4.62. The average molecular weight is 340 g/mol. The second kappa shape index (κ2) is 6.87. The van der Waals surface area contributed by atoms with Crippen molar-refractivity contribution in [3.8, 4) is 0 Å². The van der Waals surface area contributed by atoms with Crippen LogP contribution < -0.4 is 5.32 Å². The van der Waals surface area contributed by atoms with Crippen LogP contribution in [0.15, 0.2) is 0 Å². The van der Waals surface area contributed by atoms with Crippen molar-refractivity contribution < 1.29 is 22.7 Å². The van der Waals surface area contributed by atoms with Gasteiger partial charge in [0.2, 0.25) is 5.91 Å². The summed E-state index contributed by atoms with van der Waals surface area (Å²) in [6.45, 7) is 0.626. The summed E-state index contributed by atoms with van der Waals surface area (Å²) in [4.78, 5) is 11.8. The largest absolute Gasteiger partial charge is 0.436 e. The van der Waals surface area contributed by atoms with Crippen LogP contribution in [-0.4, -0.2) is 35.9 Å². The predicted molar refractivity (Wildman–Crippen MR) is 73.7 cm³/mol. The van der Waals surface area contributed by atoms with Crippen molar-refractivity contribution in [3.05, 3.63) is 16.4 Å². The highest BCUT2D eigenvalue weighted by Crippen LogP contribution is 2.46. The lowest BCUT2D eigenvalue weighted by atomic mass is 10.2. The number of carbonyl (C=O) groups excluding carboxylic acids is 1. The van der Waals surface area contributed by atoms with Gasteiger partial charge >= 0.3 is 6.18 Å². The Labute approximate surface area is 130 Å². The van der Waals surface area contributed by atoms with Crippen LogP contribution in [0.1, 0.15) is 36.6 Å².